The van der Waals surface area contributed by atoms with Gasteiger partial charge in [-0.2, -0.15) is 0 Å². The molecule has 0 atom stereocenters. The van der Waals surface area contributed by atoms with Crippen molar-refractivity contribution in [3.63, 3.8) is 0 Å². The lowest BCUT2D eigenvalue weighted by molar-refractivity contribution is 0.104. The van der Waals surface area contributed by atoms with Crippen LogP contribution in [0.3, 0.4) is 0 Å². The Morgan fingerprint density at radius 2 is 1.77 bits per heavy atom. The number of hydrogen-bond donors (Lipinski definition) is 2. The van der Waals surface area contributed by atoms with Crippen molar-refractivity contribution < 1.29 is 17.9 Å². The lowest BCUT2D eigenvalue weighted by atomic mass is 10.0. The number of carbonyl (C=O) groups is 1. The molecule has 1 heterocycles. The summed E-state index contributed by atoms with van der Waals surface area (Å²) in [4.78, 5) is 17.7. The van der Waals surface area contributed by atoms with Gasteiger partial charge in [0.05, 0.1) is 23.1 Å². The van der Waals surface area contributed by atoms with Crippen molar-refractivity contribution in [1.29, 1.82) is 0 Å². The van der Waals surface area contributed by atoms with Crippen LogP contribution in [0.5, 0.6) is 5.75 Å². The highest BCUT2D eigenvalue weighted by Crippen LogP contribution is 2.22. The molecule has 9 heteroatoms. The highest BCUT2D eigenvalue weighted by molar-refractivity contribution is 7.89. The molecule has 0 aliphatic carbocycles. The molecule has 0 amide bonds. The van der Waals surface area contributed by atoms with Crippen LogP contribution in [0, 0.1) is 6.92 Å². The summed E-state index contributed by atoms with van der Waals surface area (Å²) < 4.78 is 32.2. The summed E-state index contributed by atoms with van der Waals surface area (Å²) in [6.45, 7) is 2.89. The quantitative estimate of drug-likeness (QED) is 0.334. The summed E-state index contributed by atoms with van der Waals surface area (Å²) in [5.74, 6) is 0.576. The first kappa shape index (κ1) is 22.9. The van der Waals surface area contributed by atoms with Gasteiger partial charge in [0, 0.05) is 18.7 Å². The molecule has 0 aliphatic heterocycles. The van der Waals surface area contributed by atoms with Gasteiger partial charge in [0.25, 0.3) is 0 Å². The lowest BCUT2D eigenvalue weighted by Crippen LogP contribution is -2.25. The van der Waals surface area contributed by atoms with Crippen molar-refractivity contribution >= 4 is 32.3 Å². The number of hydrogen-bond acceptors (Lipinski definition) is 7. The maximum atomic E-state index is 12.6. The molecule has 0 saturated carbocycles. The van der Waals surface area contributed by atoms with Crippen LogP contribution in [0.2, 0.25) is 0 Å². The molecule has 0 unspecified atom stereocenters. The van der Waals surface area contributed by atoms with Crippen molar-refractivity contribution in [3.8, 4) is 5.75 Å². The Hall–Kier alpha value is -2.75. The highest BCUT2D eigenvalue weighted by Gasteiger charge is 2.15. The van der Waals surface area contributed by atoms with Gasteiger partial charge >= 0.3 is 0 Å². The average molecular weight is 460 g/mol. The smallest absolute Gasteiger partial charge is 0.240 e. The van der Waals surface area contributed by atoms with Crippen molar-refractivity contribution in [1.82, 2.24) is 9.71 Å². The number of methoxy groups -OCH3 is 1. The number of unbranched alkanes of at least 4 members (excludes halogenated alkanes) is 1. The summed E-state index contributed by atoms with van der Waals surface area (Å²) >= 11 is 1.32. The van der Waals surface area contributed by atoms with Crippen LogP contribution in [0.15, 0.2) is 59.6 Å². The van der Waals surface area contributed by atoms with Crippen LogP contribution in [0.4, 0.5) is 5.13 Å². The molecule has 0 fully saturated rings. The number of carbonyl (C=O) groups excluding carboxylic acids is 1. The molecule has 7 nitrogen and oxygen atoms in total. The van der Waals surface area contributed by atoms with E-state index in [0.717, 1.165) is 12.0 Å². The summed E-state index contributed by atoms with van der Waals surface area (Å²) in [5.41, 5.74) is 1.62. The summed E-state index contributed by atoms with van der Waals surface area (Å²) in [6.07, 6.45) is 3.01. The van der Waals surface area contributed by atoms with Crippen molar-refractivity contribution in [2.45, 2.75) is 24.7 Å². The first-order valence-electron chi connectivity index (χ1n) is 9.84. The number of anilines is 1. The van der Waals surface area contributed by atoms with Crippen LogP contribution in [0.1, 0.15) is 33.6 Å². The summed E-state index contributed by atoms with van der Waals surface area (Å²) in [5, 5.41) is 3.87. The summed E-state index contributed by atoms with van der Waals surface area (Å²) in [7, 11) is -2.00. The molecule has 0 spiro atoms. The molecule has 0 saturated heterocycles. The van der Waals surface area contributed by atoms with E-state index in [-0.39, 0.29) is 10.7 Å². The number of sulfonamides is 1. The molecule has 2 N–H and O–H groups in total. The molecule has 0 radical (unpaired) electrons. The van der Waals surface area contributed by atoms with Gasteiger partial charge in [-0.3, -0.25) is 4.79 Å². The fourth-order valence-electron chi connectivity index (χ4n) is 2.91. The largest absolute Gasteiger partial charge is 0.497 e. The molecule has 31 heavy (non-hydrogen) atoms. The van der Waals surface area contributed by atoms with Gasteiger partial charge < -0.3 is 10.1 Å². The Labute approximate surface area is 186 Å². The fourth-order valence-corrected chi connectivity index (χ4v) is 4.78. The van der Waals surface area contributed by atoms with Crippen molar-refractivity contribution in [3.05, 3.63) is 70.7 Å². The Kier molecular flexibility index (Phi) is 7.78. The lowest BCUT2D eigenvalue weighted by Gasteiger charge is -2.08. The maximum Gasteiger partial charge on any atom is 0.240 e. The molecular weight excluding hydrogens is 434 g/mol. The Bertz CT molecular complexity index is 1130. The zero-order valence-electron chi connectivity index (χ0n) is 17.4. The number of ketones is 1. The number of rotatable bonds is 11. The van der Waals surface area contributed by atoms with Gasteiger partial charge in [0.1, 0.15) is 5.75 Å². The molecule has 164 valence electrons. The van der Waals surface area contributed by atoms with Gasteiger partial charge in [-0.25, -0.2) is 18.1 Å². The molecular formula is C22H25N3O4S2. The fraction of sp³-hybridized carbons (Fsp3) is 0.273. The molecule has 0 aliphatic rings. The van der Waals surface area contributed by atoms with E-state index < -0.39 is 10.0 Å². The van der Waals surface area contributed by atoms with Gasteiger partial charge in [-0.15, -0.1) is 0 Å². The second-order valence-corrected chi connectivity index (χ2v) is 9.68. The zero-order chi connectivity index (χ0) is 22.3. The van der Waals surface area contributed by atoms with Crippen LogP contribution < -0.4 is 14.8 Å². The van der Waals surface area contributed by atoms with E-state index in [1.165, 1.54) is 30.6 Å². The number of aromatic nitrogens is 1. The number of nitrogens with one attached hydrogen (secondary N) is 2. The predicted octanol–water partition coefficient (Wildman–Crippen LogP) is 3.86. The minimum atomic E-state index is -3.53. The van der Waals surface area contributed by atoms with Gasteiger partial charge in [0.2, 0.25) is 15.8 Å². The monoisotopic (exact) mass is 459 g/mol. The van der Waals surface area contributed by atoms with E-state index in [2.05, 4.69) is 15.0 Å². The second kappa shape index (κ2) is 10.5. The number of benzene rings is 2. The topological polar surface area (TPSA) is 97.4 Å². The van der Waals surface area contributed by atoms with Crippen molar-refractivity contribution in [2.24, 2.45) is 0 Å². The molecule has 3 rings (SSSR count). The van der Waals surface area contributed by atoms with Gasteiger partial charge in [-0.1, -0.05) is 35.6 Å². The van der Waals surface area contributed by atoms with Crippen molar-refractivity contribution in [2.75, 3.05) is 25.5 Å². The molecule has 2 aromatic carbocycles. The highest BCUT2D eigenvalue weighted by atomic mass is 32.2. The normalized spacial score (nSPS) is 11.3. The van der Waals surface area contributed by atoms with Gasteiger partial charge in [0.15, 0.2) is 5.13 Å². The van der Waals surface area contributed by atoms with Gasteiger partial charge in [-0.05, 0) is 49.6 Å². The molecule has 3 aromatic rings. The van der Waals surface area contributed by atoms with E-state index in [9.17, 15) is 13.2 Å². The third-order valence-electron chi connectivity index (χ3n) is 4.66. The standard InChI is InChI=1S/C22H25N3O4S2/c1-16-7-3-4-8-19(16)21(26)20-15-24-22(30-20)23-13-5-6-14-25-31(27,28)18-11-9-17(29-2)10-12-18/h3-4,7-12,15,25H,5-6,13-14H2,1-2H3,(H,23,24). The minimum Gasteiger partial charge on any atom is -0.497 e. The zero-order valence-corrected chi connectivity index (χ0v) is 19.1. The van der Waals surface area contributed by atoms with E-state index >= 15 is 0 Å². The number of thiazole rings is 1. The van der Waals surface area contributed by atoms with E-state index in [4.69, 9.17) is 4.74 Å². The minimum absolute atomic E-state index is 0.0309. The van der Waals surface area contributed by atoms with Crippen LogP contribution in [-0.4, -0.2) is 39.4 Å². The molecule has 0 bridgehead atoms. The first-order chi connectivity index (χ1) is 14.9. The van der Waals surface area contributed by atoms with Crippen LogP contribution in [0.25, 0.3) is 0 Å². The SMILES string of the molecule is COc1ccc(S(=O)(=O)NCCCCNc2ncc(C(=O)c3ccccc3C)s2)cc1. The Morgan fingerprint density at radius 3 is 2.48 bits per heavy atom. The second-order valence-electron chi connectivity index (χ2n) is 6.88. The molecule has 1 aromatic heterocycles. The predicted molar refractivity (Wildman–Crippen MR) is 123 cm³/mol. The number of aryl methyl sites for hydroxylation is 1. The Balaban J connectivity index is 1.41. The Morgan fingerprint density at radius 1 is 1.06 bits per heavy atom. The maximum absolute atomic E-state index is 12.6. The van der Waals surface area contributed by atoms with E-state index in [0.29, 0.717) is 40.8 Å². The van der Waals surface area contributed by atoms with E-state index in [1.54, 1.807) is 18.3 Å². The first-order valence-corrected chi connectivity index (χ1v) is 12.1. The third-order valence-corrected chi connectivity index (χ3v) is 7.09. The average Bonchev–Trinajstić information content (AvgIpc) is 3.25. The number of ether oxygens (including phenoxy) is 1. The third kappa shape index (κ3) is 6.13. The van der Waals surface area contributed by atoms with E-state index in [1.807, 2.05) is 31.2 Å². The van der Waals surface area contributed by atoms with Crippen LogP contribution in [-0.2, 0) is 10.0 Å². The number of nitrogens with zero attached hydrogens (tertiary/aromatic N) is 1. The van der Waals surface area contributed by atoms with Crippen LogP contribution >= 0.6 is 11.3 Å². The summed E-state index contributed by atoms with van der Waals surface area (Å²) in [6, 6.07) is 13.7.